The van der Waals surface area contributed by atoms with Crippen molar-refractivity contribution in [1.82, 2.24) is 51.4 Å². The maximum Gasteiger partial charge on any atom is 0.251 e. The molecule has 2 aliphatic heterocycles. The summed E-state index contributed by atoms with van der Waals surface area (Å²) in [4.78, 5) is 113. The van der Waals surface area contributed by atoms with Gasteiger partial charge in [0.2, 0.25) is 35.4 Å². The second kappa shape index (κ2) is 25.5. The minimum atomic E-state index is -0.935. The minimum absolute atomic E-state index is 0.0208. The largest absolute Gasteiger partial charge is 0.350 e. The van der Waals surface area contributed by atoms with E-state index in [2.05, 4.69) is 37.2 Å². The lowest BCUT2D eigenvalue weighted by Gasteiger charge is -2.36. The summed E-state index contributed by atoms with van der Waals surface area (Å²) in [6.07, 6.45) is 2.00. The van der Waals surface area contributed by atoms with Crippen molar-refractivity contribution in [3.05, 3.63) is 107 Å². The Morgan fingerprint density at radius 3 is 1.37 bits per heavy atom. The van der Waals surface area contributed by atoms with Crippen molar-refractivity contribution in [1.29, 1.82) is 0 Å². The number of nitrogens with one attached hydrogen (secondary N) is 7. The lowest BCUT2D eigenvalue weighted by atomic mass is 9.85. The second-order valence-corrected chi connectivity index (χ2v) is 21.7. The molecule has 8 atom stereocenters. The molecule has 396 valence electrons. The summed E-state index contributed by atoms with van der Waals surface area (Å²) in [5.74, 6) is -3.28. The highest BCUT2D eigenvalue weighted by molar-refractivity contribution is 6.14. The molecule has 2 fully saturated rings. The number of nitrogens with zero attached hydrogens (tertiary/aromatic N) is 3. The summed E-state index contributed by atoms with van der Waals surface area (Å²) in [6.45, 7) is 15.1. The van der Waals surface area contributed by atoms with E-state index in [1.807, 2.05) is 102 Å². The van der Waals surface area contributed by atoms with Crippen molar-refractivity contribution in [2.75, 3.05) is 40.3 Å². The van der Waals surface area contributed by atoms with E-state index in [-0.39, 0.29) is 41.9 Å². The van der Waals surface area contributed by atoms with E-state index in [1.54, 1.807) is 46.1 Å². The van der Waals surface area contributed by atoms with E-state index in [0.29, 0.717) is 44.3 Å². The highest BCUT2D eigenvalue weighted by Gasteiger charge is 2.44. The number of halogens is 1. The average Bonchev–Trinajstić information content (AvgIpc) is 4.08. The number of likely N-dealkylation sites (N-methyl/N-ethyl adjacent to an activating group) is 2. The van der Waals surface area contributed by atoms with Crippen LogP contribution in [0.2, 0.25) is 0 Å². The molecule has 8 amide bonds. The monoisotopic (exact) mass is 1030 g/mol. The van der Waals surface area contributed by atoms with Crippen LogP contribution >= 0.6 is 11.8 Å². The van der Waals surface area contributed by atoms with Crippen LogP contribution < -0.4 is 37.2 Å². The third-order valence-corrected chi connectivity index (χ3v) is 13.9. The summed E-state index contributed by atoms with van der Waals surface area (Å²) in [5, 5.41) is 20.6. The van der Waals surface area contributed by atoms with Gasteiger partial charge < -0.3 is 47.0 Å². The van der Waals surface area contributed by atoms with Crippen LogP contribution in [0.1, 0.15) is 125 Å². The number of carbonyl (C=O) groups is 8. The summed E-state index contributed by atoms with van der Waals surface area (Å²) >= 11 is 6.05. The smallest absolute Gasteiger partial charge is 0.251 e. The highest BCUT2D eigenvalue weighted by Crippen LogP contribution is 2.29. The van der Waals surface area contributed by atoms with E-state index < -0.39 is 88.7 Å². The number of benzene rings is 3. The van der Waals surface area contributed by atoms with Gasteiger partial charge >= 0.3 is 0 Å². The van der Waals surface area contributed by atoms with Crippen molar-refractivity contribution in [2.45, 2.75) is 129 Å². The molecule has 3 aromatic carbocycles. The fourth-order valence-corrected chi connectivity index (χ4v) is 8.95. The van der Waals surface area contributed by atoms with Gasteiger partial charge in [0.15, 0.2) is 0 Å². The number of amides is 8. The molecule has 2 heterocycles. The zero-order valence-corrected chi connectivity index (χ0v) is 44.6. The van der Waals surface area contributed by atoms with Gasteiger partial charge in [-0.15, -0.1) is 0 Å². The summed E-state index contributed by atoms with van der Waals surface area (Å²) in [7, 11) is 3.21. The first-order valence-electron chi connectivity index (χ1n) is 25.1. The predicted molar refractivity (Wildman–Crippen MR) is 280 cm³/mol. The van der Waals surface area contributed by atoms with E-state index in [1.165, 1.54) is 20.3 Å². The molecular formula is C54H75ClN10O8. The predicted octanol–water partition coefficient (Wildman–Crippen LogP) is 3.99. The van der Waals surface area contributed by atoms with Gasteiger partial charge in [0, 0.05) is 44.4 Å². The quantitative estimate of drug-likeness (QED) is 0.0806. The third kappa shape index (κ3) is 15.3. The molecule has 5 rings (SSSR count). The van der Waals surface area contributed by atoms with Crippen LogP contribution in [-0.4, -0.2) is 138 Å². The van der Waals surface area contributed by atoms with Crippen molar-refractivity contribution in [3.63, 3.8) is 0 Å². The molecule has 7 N–H and O–H groups in total. The van der Waals surface area contributed by atoms with Crippen LogP contribution in [-0.2, 0) is 28.8 Å². The van der Waals surface area contributed by atoms with Crippen LogP contribution in [0.4, 0.5) is 0 Å². The molecule has 0 spiro atoms. The van der Waals surface area contributed by atoms with Gasteiger partial charge in [-0.3, -0.25) is 38.4 Å². The van der Waals surface area contributed by atoms with Crippen LogP contribution in [0.5, 0.6) is 0 Å². The first kappa shape index (κ1) is 57.5. The SMILES string of the molecule is CN[C@@H](C)C(=O)N[C@H](C(=O)N1CCC[C@H]1C(=O)N[C@H](CNC(=O)c1cccc(C(=O)NC[C@@H](NC(=O)[C@@H]2CCCN2C(=O)[C@@H](NC(=O)[C@H](C)N(C)Cl)C(C)(C)C)c2ccccc2)c1)c1ccccc1)C(C)(C)C. The Bertz CT molecular complexity index is 2430. The molecule has 0 radical (unpaired) electrons. The molecule has 2 aliphatic rings. The molecule has 0 aromatic heterocycles. The van der Waals surface area contributed by atoms with Gasteiger partial charge in [-0.25, -0.2) is 4.42 Å². The molecule has 73 heavy (non-hydrogen) atoms. The van der Waals surface area contributed by atoms with E-state index in [0.717, 1.165) is 5.56 Å². The molecular weight excluding hydrogens is 952 g/mol. The maximum atomic E-state index is 14.2. The van der Waals surface area contributed by atoms with Gasteiger partial charge in [0.25, 0.3) is 11.8 Å². The minimum Gasteiger partial charge on any atom is -0.350 e. The molecule has 19 heteroatoms. The van der Waals surface area contributed by atoms with Crippen LogP contribution in [0.3, 0.4) is 0 Å². The van der Waals surface area contributed by atoms with Crippen molar-refractivity contribution < 1.29 is 38.4 Å². The molecule has 18 nitrogen and oxygen atoms in total. The summed E-state index contributed by atoms with van der Waals surface area (Å²) in [6, 6.07) is 18.4. The zero-order chi connectivity index (χ0) is 53.8. The fourth-order valence-electron chi connectivity index (χ4n) is 8.86. The van der Waals surface area contributed by atoms with E-state index in [4.69, 9.17) is 11.8 Å². The standard InChI is InChI=1S/C54H75ClN10O8/c1-33(56-9)45(66)61-43(53(3,4)5)51(72)64-28-18-26-41(64)49(70)59-39(35-20-13-11-14-21-35)31-57-47(68)37-24-17-25-38(30-37)48(69)58-32-40(36-22-15-12-16-23-36)60-50(71)42-27-19-29-65(42)52(73)44(54(6,7)8)62-46(67)34(2)63(10)55/h11-17,20-25,30,33-34,39-44,56H,18-19,26-29,31-32H2,1-10H3,(H,57,68)(H,58,69)(H,59,70)(H,60,71)(H,61,66)(H,62,67)/t33-,34-,39+,40+,41-,42-,43+,44+/m0/s1. The molecule has 0 bridgehead atoms. The van der Waals surface area contributed by atoms with Gasteiger partial charge in [-0.05, 0) is 98.5 Å². The highest BCUT2D eigenvalue weighted by atomic mass is 35.5. The second-order valence-electron chi connectivity index (χ2n) is 21.2. The Morgan fingerprint density at radius 2 is 1.00 bits per heavy atom. The Morgan fingerprint density at radius 1 is 0.603 bits per heavy atom. The Hall–Kier alpha value is -6.37. The number of rotatable bonds is 20. The maximum absolute atomic E-state index is 14.2. The topological polar surface area (TPSA) is 230 Å². The van der Waals surface area contributed by atoms with Gasteiger partial charge in [-0.2, -0.15) is 0 Å². The summed E-state index contributed by atoms with van der Waals surface area (Å²) < 4.78 is 1.23. The first-order chi connectivity index (χ1) is 34.4. The van der Waals surface area contributed by atoms with Crippen molar-refractivity contribution >= 4 is 59.0 Å². The molecule has 0 unspecified atom stereocenters. The first-order valence-corrected chi connectivity index (χ1v) is 25.4. The third-order valence-electron chi connectivity index (χ3n) is 13.6. The van der Waals surface area contributed by atoms with E-state index >= 15 is 0 Å². The van der Waals surface area contributed by atoms with Crippen LogP contribution in [0.25, 0.3) is 0 Å². The average molecular weight is 1030 g/mol. The number of carbonyl (C=O) groups excluding carboxylic acids is 8. The van der Waals surface area contributed by atoms with Crippen molar-refractivity contribution in [2.24, 2.45) is 10.8 Å². The summed E-state index contributed by atoms with van der Waals surface area (Å²) in [5.41, 5.74) is 0.470. The van der Waals surface area contributed by atoms with E-state index in [9.17, 15) is 38.4 Å². The van der Waals surface area contributed by atoms with Crippen LogP contribution in [0, 0.1) is 10.8 Å². The zero-order valence-electron chi connectivity index (χ0n) is 43.8. The number of hydrogen-bond donors (Lipinski definition) is 7. The van der Waals surface area contributed by atoms with Crippen LogP contribution in [0.15, 0.2) is 84.9 Å². The Kier molecular flexibility index (Phi) is 20.1. The molecule has 0 saturated carbocycles. The lowest BCUT2D eigenvalue weighted by Crippen LogP contribution is -2.59. The van der Waals surface area contributed by atoms with Gasteiger partial charge in [-0.1, -0.05) is 108 Å². The lowest BCUT2D eigenvalue weighted by molar-refractivity contribution is -0.144. The van der Waals surface area contributed by atoms with Gasteiger partial charge in [0.1, 0.15) is 30.2 Å². The molecule has 3 aromatic rings. The van der Waals surface area contributed by atoms with Gasteiger partial charge in [0.05, 0.1) is 18.1 Å². The molecule has 2 saturated heterocycles. The Labute approximate surface area is 435 Å². The van der Waals surface area contributed by atoms with Crippen molar-refractivity contribution in [3.8, 4) is 0 Å². The fraction of sp³-hybridized carbons (Fsp3) is 0.519. The molecule has 0 aliphatic carbocycles. The Balaban J connectivity index is 1.25. The number of likely N-dealkylation sites (tertiary alicyclic amines) is 2. The normalized spacial score (nSPS) is 18.4. The number of hydrogen-bond acceptors (Lipinski definition) is 10.